The average Bonchev–Trinajstić information content (AvgIpc) is 3.02. The fourth-order valence-corrected chi connectivity index (χ4v) is 2.39. The quantitative estimate of drug-likeness (QED) is 0.666. The van der Waals surface area contributed by atoms with Gasteiger partial charge in [-0.2, -0.15) is 0 Å². The molecule has 5 heteroatoms. The average molecular weight is 274 g/mol. The Balaban J connectivity index is 1.71. The first kappa shape index (κ1) is 12.3. The minimum absolute atomic E-state index is 0.357. The molecular formula is C14H14N2O2S. The number of oxazole rings is 2. The van der Waals surface area contributed by atoms with Crippen LogP contribution in [0.25, 0.3) is 11.1 Å². The van der Waals surface area contributed by atoms with Gasteiger partial charge in [-0.25, -0.2) is 9.97 Å². The van der Waals surface area contributed by atoms with Crippen LogP contribution in [0.2, 0.25) is 0 Å². The van der Waals surface area contributed by atoms with Gasteiger partial charge in [-0.05, 0) is 12.1 Å². The smallest absolute Gasteiger partial charge is 0.257 e. The van der Waals surface area contributed by atoms with Gasteiger partial charge in [0.25, 0.3) is 5.22 Å². The molecule has 0 spiro atoms. The van der Waals surface area contributed by atoms with Crippen LogP contribution in [0, 0.1) is 0 Å². The summed E-state index contributed by atoms with van der Waals surface area (Å²) < 4.78 is 11.3. The number of benzene rings is 1. The lowest BCUT2D eigenvalue weighted by Crippen LogP contribution is -1.81. The zero-order chi connectivity index (χ0) is 13.2. The Kier molecular flexibility index (Phi) is 3.29. The second-order valence-corrected chi connectivity index (χ2v) is 5.47. The van der Waals surface area contributed by atoms with Crippen LogP contribution in [0.3, 0.4) is 0 Å². The predicted octanol–water partition coefficient (Wildman–Crippen LogP) is 4.23. The molecule has 2 heterocycles. The predicted molar refractivity (Wildman–Crippen MR) is 74.2 cm³/mol. The van der Waals surface area contributed by atoms with Gasteiger partial charge in [0.05, 0.1) is 11.9 Å². The normalized spacial score (nSPS) is 11.5. The van der Waals surface area contributed by atoms with Crippen LogP contribution in [-0.2, 0) is 5.75 Å². The van der Waals surface area contributed by atoms with Crippen LogP contribution in [0.4, 0.5) is 0 Å². The van der Waals surface area contributed by atoms with E-state index >= 15 is 0 Å². The SMILES string of the molecule is CC(C)c1cnc(CSc2nc3ccccc3o2)o1. The minimum atomic E-state index is 0.357. The summed E-state index contributed by atoms with van der Waals surface area (Å²) in [4.78, 5) is 8.65. The minimum Gasteiger partial charge on any atom is -0.445 e. The van der Waals surface area contributed by atoms with Gasteiger partial charge in [0, 0.05) is 5.92 Å². The molecule has 1 aromatic carbocycles. The Hall–Kier alpha value is -1.75. The van der Waals surface area contributed by atoms with Gasteiger partial charge < -0.3 is 8.83 Å². The summed E-state index contributed by atoms with van der Waals surface area (Å²) in [6.45, 7) is 4.16. The van der Waals surface area contributed by atoms with Crippen LogP contribution < -0.4 is 0 Å². The van der Waals surface area contributed by atoms with Crippen LogP contribution in [0.15, 0.2) is 44.5 Å². The van der Waals surface area contributed by atoms with E-state index in [-0.39, 0.29) is 0 Å². The number of fused-ring (bicyclic) bond motifs is 1. The summed E-state index contributed by atoms with van der Waals surface area (Å²) in [6.07, 6.45) is 1.78. The highest BCUT2D eigenvalue weighted by molar-refractivity contribution is 7.98. The highest BCUT2D eigenvalue weighted by Gasteiger charge is 2.10. The number of aromatic nitrogens is 2. The molecule has 0 aliphatic heterocycles. The molecule has 0 bridgehead atoms. The Bertz CT molecular complexity index is 654. The highest BCUT2D eigenvalue weighted by atomic mass is 32.2. The summed E-state index contributed by atoms with van der Waals surface area (Å²) in [5.41, 5.74) is 1.68. The fourth-order valence-electron chi connectivity index (χ4n) is 1.69. The van der Waals surface area contributed by atoms with E-state index in [9.17, 15) is 0 Å². The maximum absolute atomic E-state index is 5.64. The van der Waals surface area contributed by atoms with Gasteiger partial charge in [0.15, 0.2) is 5.58 Å². The zero-order valence-electron chi connectivity index (χ0n) is 10.8. The van der Waals surface area contributed by atoms with Crippen molar-refractivity contribution in [2.75, 3.05) is 0 Å². The summed E-state index contributed by atoms with van der Waals surface area (Å²) in [5, 5.41) is 0.644. The maximum Gasteiger partial charge on any atom is 0.257 e. The summed E-state index contributed by atoms with van der Waals surface area (Å²) in [6, 6.07) is 7.73. The Morgan fingerprint density at radius 1 is 1.21 bits per heavy atom. The lowest BCUT2D eigenvalue weighted by atomic mass is 10.2. The van der Waals surface area contributed by atoms with E-state index in [1.54, 1.807) is 6.20 Å². The number of hydrogen-bond donors (Lipinski definition) is 0. The number of nitrogens with zero attached hydrogens (tertiary/aromatic N) is 2. The standard InChI is InChI=1S/C14H14N2O2S/c1-9(2)12-7-15-13(17-12)8-19-14-16-10-5-3-4-6-11(10)18-14/h3-7,9H,8H2,1-2H3. The fraction of sp³-hybridized carbons (Fsp3) is 0.286. The molecule has 98 valence electrons. The first-order valence-electron chi connectivity index (χ1n) is 6.15. The first-order chi connectivity index (χ1) is 9.22. The number of thioether (sulfide) groups is 1. The molecule has 0 saturated carbocycles. The molecule has 0 fully saturated rings. The topological polar surface area (TPSA) is 52.1 Å². The van der Waals surface area contributed by atoms with Crippen molar-refractivity contribution in [1.82, 2.24) is 9.97 Å². The monoisotopic (exact) mass is 274 g/mol. The molecule has 0 radical (unpaired) electrons. The van der Waals surface area contributed by atoms with Crippen LogP contribution in [-0.4, -0.2) is 9.97 Å². The van der Waals surface area contributed by atoms with Gasteiger partial charge >= 0.3 is 0 Å². The third kappa shape index (κ3) is 2.66. The van der Waals surface area contributed by atoms with Crippen molar-refractivity contribution in [1.29, 1.82) is 0 Å². The number of rotatable bonds is 4. The van der Waals surface area contributed by atoms with E-state index in [0.29, 0.717) is 22.8 Å². The third-order valence-corrected chi connectivity index (χ3v) is 3.55. The van der Waals surface area contributed by atoms with Crippen molar-refractivity contribution in [2.24, 2.45) is 0 Å². The van der Waals surface area contributed by atoms with Crippen molar-refractivity contribution < 1.29 is 8.83 Å². The molecule has 3 rings (SSSR count). The van der Waals surface area contributed by atoms with Crippen molar-refractivity contribution in [3.8, 4) is 0 Å². The Labute approximate surface area is 115 Å². The summed E-state index contributed by atoms with van der Waals surface area (Å²) in [7, 11) is 0. The third-order valence-electron chi connectivity index (χ3n) is 2.73. The molecule has 0 atom stereocenters. The van der Waals surface area contributed by atoms with Gasteiger partial charge in [0.2, 0.25) is 5.89 Å². The van der Waals surface area contributed by atoms with Crippen molar-refractivity contribution in [2.45, 2.75) is 30.7 Å². The van der Waals surface area contributed by atoms with Gasteiger partial charge in [-0.15, -0.1) is 0 Å². The molecule has 0 unspecified atom stereocenters. The first-order valence-corrected chi connectivity index (χ1v) is 7.14. The molecule has 0 amide bonds. The second kappa shape index (κ2) is 5.09. The molecule has 2 aromatic heterocycles. The van der Waals surface area contributed by atoms with Crippen LogP contribution >= 0.6 is 11.8 Å². The largest absolute Gasteiger partial charge is 0.445 e. The molecule has 0 saturated heterocycles. The van der Waals surface area contributed by atoms with E-state index in [4.69, 9.17) is 8.83 Å². The lowest BCUT2D eigenvalue weighted by Gasteiger charge is -1.96. The highest BCUT2D eigenvalue weighted by Crippen LogP contribution is 2.26. The van der Waals surface area contributed by atoms with Gasteiger partial charge in [0.1, 0.15) is 11.3 Å². The van der Waals surface area contributed by atoms with E-state index < -0.39 is 0 Å². The molecule has 4 nitrogen and oxygen atoms in total. The van der Waals surface area contributed by atoms with E-state index in [2.05, 4.69) is 23.8 Å². The summed E-state index contributed by atoms with van der Waals surface area (Å²) in [5.74, 6) is 2.60. The Morgan fingerprint density at radius 3 is 2.79 bits per heavy atom. The number of hydrogen-bond acceptors (Lipinski definition) is 5. The van der Waals surface area contributed by atoms with Crippen molar-refractivity contribution >= 4 is 22.9 Å². The lowest BCUT2D eigenvalue weighted by molar-refractivity contribution is 0.451. The summed E-state index contributed by atoms with van der Waals surface area (Å²) >= 11 is 1.49. The molecule has 0 aliphatic carbocycles. The Morgan fingerprint density at radius 2 is 2.05 bits per heavy atom. The van der Waals surface area contributed by atoms with Crippen molar-refractivity contribution in [3.63, 3.8) is 0 Å². The molecule has 19 heavy (non-hydrogen) atoms. The van der Waals surface area contributed by atoms with Crippen molar-refractivity contribution in [3.05, 3.63) is 42.1 Å². The molecule has 0 aliphatic rings. The van der Waals surface area contributed by atoms with Crippen LogP contribution in [0.1, 0.15) is 31.4 Å². The molecule has 0 N–H and O–H groups in total. The zero-order valence-corrected chi connectivity index (χ0v) is 11.6. The van der Waals surface area contributed by atoms with Crippen LogP contribution in [0.5, 0.6) is 0 Å². The second-order valence-electron chi connectivity index (χ2n) is 4.55. The van der Waals surface area contributed by atoms with Gasteiger partial charge in [-0.3, -0.25) is 0 Å². The molecular weight excluding hydrogens is 260 g/mol. The van der Waals surface area contributed by atoms with Gasteiger partial charge in [-0.1, -0.05) is 37.7 Å². The molecule has 3 aromatic rings. The van der Waals surface area contributed by atoms with E-state index in [1.165, 1.54) is 11.8 Å². The number of para-hydroxylation sites is 2. The van der Waals surface area contributed by atoms with E-state index in [0.717, 1.165) is 16.9 Å². The maximum atomic E-state index is 5.64. The van der Waals surface area contributed by atoms with E-state index in [1.807, 2.05) is 24.3 Å².